The third-order valence-corrected chi connectivity index (χ3v) is 10.2. The summed E-state index contributed by atoms with van der Waals surface area (Å²) in [6.07, 6.45) is 8.46. The molecule has 2 saturated heterocycles. The van der Waals surface area contributed by atoms with E-state index in [0.29, 0.717) is 78.5 Å². The molecule has 7 rings (SSSR count). The van der Waals surface area contributed by atoms with Crippen LogP contribution in [0.3, 0.4) is 0 Å². The van der Waals surface area contributed by atoms with Gasteiger partial charge < -0.3 is 19.5 Å². The predicted octanol–water partition coefficient (Wildman–Crippen LogP) is 6.65. The summed E-state index contributed by atoms with van der Waals surface area (Å²) in [5.41, 5.74) is 0.891. The van der Waals surface area contributed by atoms with E-state index in [1.807, 2.05) is 6.92 Å². The fourth-order valence-electron chi connectivity index (χ4n) is 8.10. The first-order valence-electron chi connectivity index (χ1n) is 16.4. The van der Waals surface area contributed by atoms with Gasteiger partial charge in [0.2, 0.25) is 0 Å². The van der Waals surface area contributed by atoms with Crippen molar-refractivity contribution in [2.75, 3.05) is 50.9 Å². The highest BCUT2D eigenvalue weighted by Gasteiger charge is 2.48. The fourth-order valence-corrected chi connectivity index (χ4v) is 8.10. The molecule has 0 spiro atoms. The van der Waals surface area contributed by atoms with Gasteiger partial charge >= 0.3 is 6.01 Å². The molecule has 1 saturated carbocycles. The number of ether oxygens (including phenoxy) is 2. The lowest BCUT2D eigenvalue weighted by Crippen LogP contribution is -2.51. The Morgan fingerprint density at radius 1 is 1.04 bits per heavy atom. The Kier molecular flexibility index (Phi) is 8.20. The van der Waals surface area contributed by atoms with E-state index in [4.69, 9.17) is 14.5 Å². The number of anilines is 1. The van der Waals surface area contributed by atoms with Crippen molar-refractivity contribution >= 4 is 27.5 Å². The molecule has 2 unspecified atom stereocenters. The number of pyridine rings is 1. The Balaban J connectivity index is 1.36. The van der Waals surface area contributed by atoms with Crippen molar-refractivity contribution in [1.29, 1.82) is 0 Å². The number of hydrogen-bond donors (Lipinski definition) is 1. The van der Waals surface area contributed by atoms with E-state index < -0.39 is 5.82 Å². The first-order valence-corrected chi connectivity index (χ1v) is 16.4. The minimum absolute atomic E-state index is 0.00109. The molecule has 1 aliphatic carbocycles. The highest BCUT2D eigenvalue weighted by atomic mass is 19.1. The third kappa shape index (κ3) is 5.35. The number of nitrogens with zero attached hydrogens (tertiary/aromatic N) is 5. The van der Waals surface area contributed by atoms with Crippen LogP contribution in [0, 0.1) is 17.0 Å². The van der Waals surface area contributed by atoms with Crippen molar-refractivity contribution in [2.24, 2.45) is 5.41 Å². The van der Waals surface area contributed by atoms with Crippen LogP contribution in [0.25, 0.3) is 32.9 Å². The molecule has 4 aromatic rings. The average Bonchev–Trinajstić information content (AvgIpc) is 3.30. The number of benzene rings is 2. The van der Waals surface area contributed by atoms with Gasteiger partial charge in [-0.2, -0.15) is 9.97 Å². The van der Waals surface area contributed by atoms with E-state index in [9.17, 15) is 9.50 Å². The van der Waals surface area contributed by atoms with Crippen LogP contribution in [-0.4, -0.2) is 77.0 Å². The molecule has 3 fully saturated rings. The summed E-state index contributed by atoms with van der Waals surface area (Å²) in [5.74, 6) is -0.519. The van der Waals surface area contributed by atoms with E-state index in [0.717, 1.165) is 45.2 Å². The minimum atomic E-state index is -0.656. The normalized spacial score (nSPS) is 22.6. The number of rotatable bonds is 7. The Morgan fingerprint density at radius 2 is 1.91 bits per heavy atom. The van der Waals surface area contributed by atoms with Gasteiger partial charge in [-0.05, 0) is 86.1 Å². The molecule has 8 nitrogen and oxygen atoms in total. The molecule has 4 heterocycles. The molecule has 10 heteroatoms. The van der Waals surface area contributed by atoms with Gasteiger partial charge in [-0.15, -0.1) is 0 Å². The molecule has 238 valence electrons. The molecule has 1 N–H and O–H groups in total. The second-order valence-corrected chi connectivity index (χ2v) is 12.7. The second kappa shape index (κ2) is 12.3. The average molecular weight is 618 g/mol. The monoisotopic (exact) mass is 617 g/mol. The van der Waals surface area contributed by atoms with Crippen LogP contribution < -0.4 is 9.64 Å². The van der Waals surface area contributed by atoms with Gasteiger partial charge in [0.15, 0.2) is 5.82 Å². The number of fused-ring (bicyclic) bond motifs is 3. The molecule has 2 aliphatic heterocycles. The van der Waals surface area contributed by atoms with Crippen molar-refractivity contribution in [3.8, 4) is 23.0 Å². The Hall–Kier alpha value is -3.63. The zero-order chi connectivity index (χ0) is 31.1. The lowest BCUT2D eigenvalue weighted by Gasteiger charge is -2.45. The summed E-state index contributed by atoms with van der Waals surface area (Å²) in [7, 11) is 0. The number of piperidine rings is 1. The lowest BCUT2D eigenvalue weighted by atomic mass is 9.75. The molecule has 3 aliphatic rings. The first-order chi connectivity index (χ1) is 21.9. The number of phenolic OH excluding ortho intramolecular Hbond substituents is 1. The lowest BCUT2D eigenvalue weighted by molar-refractivity contribution is 0.00248. The highest BCUT2D eigenvalue weighted by molar-refractivity contribution is 6.01. The number of halogens is 2. The molecule has 2 atom stereocenters. The van der Waals surface area contributed by atoms with Crippen molar-refractivity contribution < 1.29 is 23.4 Å². The number of aromatic hydroxyl groups is 1. The van der Waals surface area contributed by atoms with Crippen LogP contribution >= 0.6 is 0 Å². The maximum atomic E-state index is 16.8. The molecule has 0 bridgehead atoms. The van der Waals surface area contributed by atoms with Crippen molar-refractivity contribution in [3.05, 3.63) is 47.7 Å². The first kappa shape index (κ1) is 30.0. The van der Waals surface area contributed by atoms with Crippen LogP contribution in [0.4, 0.5) is 14.6 Å². The van der Waals surface area contributed by atoms with Crippen molar-refractivity contribution in [2.45, 2.75) is 64.8 Å². The Morgan fingerprint density at radius 3 is 2.76 bits per heavy atom. The van der Waals surface area contributed by atoms with Crippen LogP contribution in [0.1, 0.15) is 57.9 Å². The van der Waals surface area contributed by atoms with Crippen molar-refractivity contribution in [1.82, 2.24) is 19.9 Å². The van der Waals surface area contributed by atoms with E-state index in [2.05, 4.69) is 26.7 Å². The molecular formula is C35H41F2N5O3. The molecule has 2 aromatic carbocycles. The van der Waals surface area contributed by atoms with Gasteiger partial charge in [0.05, 0.1) is 18.6 Å². The second-order valence-electron chi connectivity index (χ2n) is 12.7. The minimum Gasteiger partial charge on any atom is -0.508 e. The fraction of sp³-hybridized carbons (Fsp3) is 0.514. The number of phenols is 1. The van der Waals surface area contributed by atoms with Gasteiger partial charge in [0.1, 0.15) is 28.6 Å². The molecule has 0 radical (unpaired) electrons. The zero-order valence-corrected chi connectivity index (χ0v) is 26.1. The number of aryl methyl sites for hydroxylation is 1. The van der Waals surface area contributed by atoms with Crippen molar-refractivity contribution in [3.63, 3.8) is 0 Å². The smallest absolute Gasteiger partial charge is 0.319 e. The zero-order valence-electron chi connectivity index (χ0n) is 26.1. The maximum absolute atomic E-state index is 16.8. The van der Waals surface area contributed by atoms with E-state index >= 15 is 4.39 Å². The van der Waals surface area contributed by atoms with E-state index in [-0.39, 0.29) is 34.2 Å². The number of likely N-dealkylation sites (tertiary alicyclic amines) is 1. The molecule has 45 heavy (non-hydrogen) atoms. The summed E-state index contributed by atoms with van der Waals surface area (Å²) >= 11 is 0. The largest absolute Gasteiger partial charge is 0.508 e. The SMILES string of the molecule is CCc1c(F)ccc2cc(O)cc(-c3ncc4c(N5CCCOCC5)nc(OCC56CCCC5N(CC)CCC6)nc4c3F)c12. The quantitative estimate of drug-likeness (QED) is 0.247. The van der Waals surface area contributed by atoms with Crippen LogP contribution in [0.2, 0.25) is 0 Å². The van der Waals surface area contributed by atoms with Gasteiger partial charge in [0, 0.05) is 42.9 Å². The van der Waals surface area contributed by atoms with Crippen LogP contribution in [-0.2, 0) is 11.2 Å². The highest BCUT2D eigenvalue weighted by Crippen LogP contribution is 2.48. The number of aromatic nitrogens is 3. The Labute approximate surface area is 262 Å². The molecule has 0 amide bonds. The summed E-state index contributed by atoms with van der Waals surface area (Å²) < 4.78 is 44.0. The standard InChI is InChI=1S/C35H41F2N5O3/c1-3-24-27(36)10-9-22-18-23(43)19-25(29(22)24)31-30(37)32-26(20-38-31)33(42-14-7-16-44-17-15-42)40-34(39-32)45-21-35-11-5-8-28(35)41(4-2)13-6-12-35/h9-10,18-20,28,43H,3-8,11-17,21H2,1-2H3. The molecule has 2 aromatic heterocycles. The summed E-state index contributed by atoms with van der Waals surface area (Å²) in [6.45, 7) is 9.18. The summed E-state index contributed by atoms with van der Waals surface area (Å²) in [6, 6.07) is 6.60. The van der Waals surface area contributed by atoms with Gasteiger partial charge in [-0.25, -0.2) is 8.78 Å². The predicted molar refractivity (Wildman–Crippen MR) is 171 cm³/mol. The maximum Gasteiger partial charge on any atom is 0.319 e. The molecular weight excluding hydrogens is 576 g/mol. The van der Waals surface area contributed by atoms with E-state index in [1.165, 1.54) is 18.6 Å². The van der Waals surface area contributed by atoms with Gasteiger partial charge in [-0.3, -0.25) is 9.88 Å². The van der Waals surface area contributed by atoms with Gasteiger partial charge in [0.25, 0.3) is 0 Å². The van der Waals surface area contributed by atoms with Crippen LogP contribution in [0.15, 0.2) is 30.5 Å². The topological polar surface area (TPSA) is 83.8 Å². The summed E-state index contributed by atoms with van der Waals surface area (Å²) in [5, 5.41) is 12.2. The third-order valence-electron chi connectivity index (χ3n) is 10.2. The van der Waals surface area contributed by atoms with Gasteiger partial charge in [-0.1, -0.05) is 26.3 Å². The summed E-state index contributed by atoms with van der Waals surface area (Å²) in [4.78, 5) is 18.8. The van der Waals surface area contributed by atoms with E-state index in [1.54, 1.807) is 18.3 Å². The number of hydrogen-bond acceptors (Lipinski definition) is 8. The van der Waals surface area contributed by atoms with Crippen LogP contribution in [0.5, 0.6) is 11.8 Å². The Bertz CT molecular complexity index is 1730.